The summed E-state index contributed by atoms with van der Waals surface area (Å²) in [6.07, 6.45) is -2.41. The second kappa shape index (κ2) is 7.04. The number of nitrogens with one attached hydrogen (secondary N) is 1. The Morgan fingerprint density at radius 2 is 1.89 bits per heavy atom. The second-order valence-corrected chi connectivity index (χ2v) is 7.02. The van der Waals surface area contributed by atoms with E-state index in [1.165, 1.54) is 13.1 Å². The summed E-state index contributed by atoms with van der Waals surface area (Å²) in [6, 6.07) is 1.11. The molecule has 0 fully saturated rings. The molecule has 0 amide bonds. The molecule has 0 bridgehead atoms. The summed E-state index contributed by atoms with van der Waals surface area (Å²) in [7, 11) is 2.88. The van der Waals surface area contributed by atoms with Crippen molar-refractivity contribution in [2.75, 3.05) is 19.4 Å². The fourth-order valence-corrected chi connectivity index (χ4v) is 4.00. The molecule has 0 aliphatic carbocycles. The van der Waals surface area contributed by atoms with Crippen LogP contribution in [0.25, 0.3) is 16.5 Å². The Bertz CT molecular complexity index is 1060. The predicted octanol–water partition coefficient (Wildman–Crippen LogP) is 6.82. The maximum atomic E-state index is 15.0. The highest BCUT2D eigenvalue weighted by Crippen LogP contribution is 2.47. The van der Waals surface area contributed by atoms with E-state index in [4.69, 9.17) is 27.6 Å². The highest BCUT2D eigenvalue weighted by molar-refractivity contribution is 6.37. The van der Waals surface area contributed by atoms with E-state index in [-0.39, 0.29) is 32.5 Å². The molecule has 2 heterocycles. The zero-order chi connectivity index (χ0) is 21.0. The molecule has 1 aliphatic heterocycles. The number of benzene rings is 1. The standard InChI is InChI=1S/C19H16Cl2F4N2O/c1-5-12-15(10(21)7-13(27(12)4)19(23,24)25)16-11(22)6-9(20)14-8(2)18(26-3)28-17(14)16/h5-7,26H,1-4H3/b12-5-. The van der Waals surface area contributed by atoms with Crippen LogP contribution in [0.4, 0.5) is 23.4 Å². The van der Waals surface area contributed by atoms with Gasteiger partial charge in [0.05, 0.1) is 15.6 Å². The number of likely N-dealkylation sites (N-methyl/N-ethyl adjacent to an activating group) is 1. The molecule has 0 unspecified atom stereocenters. The summed E-state index contributed by atoms with van der Waals surface area (Å²) in [4.78, 5) is 0.926. The monoisotopic (exact) mass is 434 g/mol. The van der Waals surface area contributed by atoms with Gasteiger partial charge in [0.1, 0.15) is 17.1 Å². The van der Waals surface area contributed by atoms with Crippen molar-refractivity contribution < 1.29 is 22.0 Å². The molecule has 0 spiro atoms. The van der Waals surface area contributed by atoms with Gasteiger partial charge in [0.25, 0.3) is 0 Å². The summed E-state index contributed by atoms with van der Waals surface area (Å²) in [5.41, 5.74) is -0.0506. The largest absolute Gasteiger partial charge is 0.440 e. The SMILES string of the molecule is C/C=C1/C(c2c(F)cc(Cl)c3c(C)c(NC)oc23)=C(Cl)C=C(C(F)(F)F)N1C. The van der Waals surface area contributed by atoms with Crippen LogP contribution in [0.5, 0.6) is 0 Å². The Morgan fingerprint density at radius 3 is 2.43 bits per heavy atom. The second-order valence-electron chi connectivity index (χ2n) is 6.21. The van der Waals surface area contributed by atoms with Crippen LogP contribution in [-0.4, -0.2) is 25.2 Å². The molecule has 2 aromatic rings. The molecule has 28 heavy (non-hydrogen) atoms. The molecule has 3 nitrogen and oxygen atoms in total. The van der Waals surface area contributed by atoms with Gasteiger partial charge in [0.15, 0.2) is 5.88 Å². The first-order valence-corrected chi connectivity index (χ1v) is 8.96. The zero-order valence-corrected chi connectivity index (χ0v) is 16.9. The number of anilines is 1. The third-order valence-electron chi connectivity index (χ3n) is 4.63. The maximum absolute atomic E-state index is 15.0. The molecule has 1 aromatic heterocycles. The van der Waals surface area contributed by atoms with Gasteiger partial charge in [0, 0.05) is 36.3 Å². The van der Waals surface area contributed by atoms with Crippen LogP contribution < -0.4 is 5.32 Å². The van der Waals surface area contributed by atoms with Crippen molar-refractivity contribution in [2.24, 2.45) is 0 Å². The molecular formula is C19H16Cl2F4N2O. The van der Waals surface area contributed by atoms with Crippen LogP contribution in [0.3, 0.4) is 0 Å². The first-order valence-electron chi connectivity index (χ1n) is 8.21. The van der Waals surface area contributed by atoms with Crippen molar-refractivity contribution in [1.29, 1.82) is 0 Å². The normalized spacial score (nSPS) is 17.0. The van der Waals surface area contributed by atoms with Gasteiger partial charge in [-0.15, -0.1) is 0 Å². The number of rotatable bonds is 2. The van der Waals surface area contributed by atoms with Gasteiger partial charge in [-0.3, -0.25) is 0 Å². The molecule has 1 N–H and O–H groups in total. The van der Waals surface area contributed by atoms with E-state index in [1.807, 2.05) is 0 Å². The number of furan rings is 1. The maximum Gasteiger partial charge on any atom is 0.431 e. The number of alkyl halides is 3. The summed E-state index contributed by atoms with van der Waals surface area (Å²) >= 11 is 12.4. The molecule has 9 heteroatoms. The number of halogens is 6. The highest BCUT2D eigenvalue weighted by Gasteiger charge is 2.41. The van der Waals surface area contributed by atoms with Crippen molar-refractivity contribution in [2.45, 2.75) is 20.0 Å². The van der Waals surface area contributed by atoms with E-state index in [0.29, 0.717) is 16.8 Å². The van der Waals surface area contributed by atoms with Gasteiger partial charge in [-0.2, -0.15) is 13.2 Å². The van der Waals surface area contributed by atoms with E-state index in [9.17, 15) is 13.2 Å². The fourth-order valence-electron chi connectivity index (χ4n) is 3.38. The summed E-state index contributed by atoms with van der Waals surface area (Å²) in [5, 5.41) is 3.20. The van der Waals surface area contributed by atoms with Crippen LogP contribution in [-0.2, 0) is 0 Å². The van der Waals surface area contributed by atoms with Gasteiger partial charge < -0.3 is 14.6 Å². The summed E-state index contributed by atoms with van der Waals surface area (Å²) in [6.45, 7) is 3.29. The third-order valence-corrected chi connectivity index (χ3v) is 5.22. The minimum absolute atomic E-state index is 0.0496. The fraction of sp³-hybridized carbons (Fsp3) is 0.263. The Labute approximate surface area is 168 Å². The Hall–Kier alpha value is -2.12. The molecule has 0 saturated carbocycles. The average molecular weight is 435 g/mol. The lowest BCUT2D eigenvalue weighted by Crippen LogP contribution is -2.31. The Balaban J connectivity index is 2.43. The van der Waals surface area contributed by atoms with Crippen LogP contribution in [0.15, 0.2) is 39.1 Å². The third kappa shape index (κ3) is 3.06. The number of fused-ring (bicyclic) bond motifs is 1. The molecule has 1 aromatic carbocycles. The van der Waals surface area contributed by atoms with Crippen molar-refractivity contribution in [1.82, 2.24) is 4.90 Å². The van der Waals surface area contributed by atoms with E-state index >= 15 is 4.39 Å². The number of nitrogens with zero attached hydrogens (tertiary/aromatic N) is 1. The van der Waals surface area contributed by atoms with Crippen molar-refractivity contribution in [3.8, 4) is 0 Å². The van der Waals surface area contributed by atoms with Crippen molar-refractivity contribution >= 4 is 45.6 Å². The minimum Gasteiger partial charge on any atom is -0.440 e. The smallest absolute Gasteiger partial charge is 0.431 e. The molecule has 3 rings (SSSR count). The van der Waals surface area contributed by atoms with Gasteiger partial charge in [0.2, 0.25) is 0 Å². The van der Waals surface area contributed by atoms with Crippen LogP contribution in [0, 0.1) is 12.7 Å². The Morgan fingerprint density at radius 1 is 1.25 bits per heavy atom. The number of aryl methyl sites for hydroxylation is 1. The Kier molecular flexibility index (Phi) is 5.18. The van der Waals surface area contributed by atoms with Gasteiger partial charge in [-0.05, 0) is 26.0 Å². The lowest BCUT2D eigenvalue weighted by Gasteiger charge is -2.32. The predicted molar refractivity (Wildman–Crippen MR) is 104 cm³/mol. The molecule has 0 saturated heterocycles. The lowest BCUT2D eigenvalue weighted by molar-refractivity contribution is -0.106. The van der Waals surface area contributed by atoms with E-state index in [0.717, 1.165) is 17.0 Å². The summed E-state index contributed by atoms with van der Waals surface area (Å²) < 4.78 is 60.8. The first-order chi connectivity index (χ1) is 13.0. The van der Waals surface area contributed by atoms with E-state index in [2.05, 4.69) is 5.32 Å². The number of allylic oxidation sites excluding steroid dienone is 5. The van der Waals surface area contributed by atoms with Crippen LogP contribution in [0.2, 0.25) is 5.02 Å². The molecular weight excluding hydrogens is 419 g/mol. The van der Waals surface area contributed by atoms with Crippen LogP contribution in [0.1, 0.15) is 18.1 Å². The van der Waals surface area contributed by atoms with Gasteiger partial charge in [-0.1, -0.05) is 29.3 Å². The first kappa shape index (κ1) is 20.6. The van der Waals surface area contributed by atoms with E-state index < -0.39 is 17.7 Å². The minimum atomic E-state index is -4.62. The molecule has 0 atom stereocenters. The highest BCUT2D eigenvalue weighted by atomic mass is 35.5. The van der Waals surface area contributed by atoms with Crippen molar-refractivity contribution in [3.63, 3.8) is 0 Å². The zero-order valence-electron chi connectivity index (χ0n) is 15.4. The van der Waals surface area contributed by atoms with Crippen molar-refractivity contribution in [3.05, 3.63) is 56.6 Å². The molecule has 150 valence electrons. The lowest BCUT2D eigenvalue weighted by atomic mass is 9.95. The quantitative estimate of drug-likeness (QED) is 0.525. The molecule has 1 aliphatic rings. The molecule has 0 radical (unpaired) electrons. The van der Waals surface area contributed by atoms with E-state index in [1.54, 1.807) is 20.9 Å². The number of hydrogen-bond acceptors (Lipinski definition) is 3. The summed E-state index contributed by atoms with van der Waals surface area (Å²) in [5.74, 6) is -0.378. The van der Waals surface area contributed by atoms with Gasteiger partial charge >= 0.3 is 6.18 Å². The van der Waals surface area contributed by atoms with Crippen LogP contribution >= 0.6 is 23.2 Å². The van der Waals surface area contributed by atoms with Gasteiger partial charge in [-0.25, -0.2) is 4.39 Å². The topological polar surface area (TPSA) is 28.4 Å². The number of hydrogen-bond donors (Lipinski definition) is 1. The average Bonchev–Trinajstić information content (AvgIpc) is 2.93.